The topological polar surface area (TPSA) is 38.3 Å². The van der Waals surface area contributed by atoms with E-state index >= 15 is 0 Å². The minimum absolute atomic E-state index is 0.0517. The molecule has 1 aliphatic carbocycles. The lowest BCUT2D eigenvalue weighted by atomic mass is 10.0. The Kier molecular flexibility index (Phi) is 2.85. The number of amides is 1. The van der Waals surface area contributed by atoms with Gasteiger partial charge in [0.25, 0.3) is 5.91 Å². The van der Waals surface area contributed by atoms with Crippen molar-refractivity contribution >= 4 is 23.2 Å². The third-order valence-corrected chi connectivity index (χ3v) is 5.88. The van der Waals surface area contributed by atoms with Gasteiger partial charge in [-0.3, -0.25) is 4.79 Å². The lowest BCUT2D eigenvalue weighted by molar-refractivity contribution is -0.118. The molecular formula is C16H20ClNO2. The number of hydrogen-bond donors (Lipinski definition) is 1. The Bertz CT molecular complexity index is 566. The number of halogens is 1. The molecule has 1 N–H and O–H groups in total. The minimum atomic E-state index is -0.118. The van der Waals surface area contributed by atoms with E-state index in [1.807, 2.05) is 18.2 Å². The van der Waals surface area contributed by atoms with Gasteiger partial charge >= 0.3 is 0 Å². The van der Waals surface area contributed by atoms with Gasteiger partial charge in [-0.05, 0) is 34.4 Å². The Morgan fingerprint density at radius 1 is 1.30 bits per heavy atom. The zero-order chi connectivity index (χ0) is 14.7. The Hall–Kier alpha value is -1.22. The van der Waals surface area contributed by atoms with Crippen molar-refractivity contribution in [1.29, 1.82) is 0 Å². The van der Waals surface area contributed by atoms with E-state index in [0.29, 0.717) is 11.7 Å². The standard InChI is InChI=1S/C16H20ClNO2/c1-15(2)14(16(15,3)4)13(17)9-5-6-11-10(7-9)18-12(19)8-20-11/h5-7,13-14H,8H2,1-4H3,(H,18,19). The summed E-state index contributed by atoms with van der Waals surface area (Å²) in [5.74, 6) is 1.02. The van der Waals surface area contributed by atoms with E-state index in [-0.39, 0.29) is 28.7 Å². The zero-order valence-corrected chi connectivity index (χ0v) is 13.0. The van der Waals surface area contributed by atoms with Gasteiger partial charge in [0.05, 0.1) is 11.1 Å². The summed E-state index contributed by atoms with van der Waals surface area (Å²) in [4.78, 5) is 11.4. The summed E-state index contributed by atoms with van der Waals surface area (Å²) in [6, 6.07) is 5.83. The second-order valence-corrected chi connectivity index (χ2v) is 7.39. The number of carbonyl (C=O) groups is 1. The fourth-order valence-corrected chi connectivity index (χ4v) is 4.21. The van der Waals surface area contributed by atoms with Crippen LogP contribution in [-0.4, -0.2) is 12.5 Å². The molecule has 1 aromatic rings. The average molecular weight is 294 g/mol. The number of rotatable bonds is 2. The van der Waals surface area contributed by atoms with Crippen molar-refractivity contribution in [3.8, 4) is 5.75 Å². The lowest BCUT2D eigenvalue weighted by Gasteiger charge is -2.20. The molecule has 4 heteroatoms. The van der Waals surface area contributed by atoms with E-state index in [9.17, 15) is 4.79 Å². The molecule has 0 spiro atoms. The molecule has 20 heavy (non-hydrogen) atoms. The number of fused-ring (bicyclic) bond motifs is 1. The molecule has 1 unspecified atom stereocenters. The van der Waals surface area contributed by atoms with E-state index in [4.69, 9.17) is 16.3 Å². The summed E-state index contributed by atoms with van der Waals surface area (Å²) in [6.45, 7) is 9.12. The van der Waals surface area contributed by atoms with Crippen LogP contribution in [0.25, 0.3) is 0 Å². The van der Waals surface area contributed by atoms with Gasteiger partial charge < -0.3 is 10.1 Å². The van der Waals surface area contributed by atoms with E-state index in [2.05, 4.69) is 33.0 Å². The van der Waals surface area contributed by atoms with Crippen molar-refractivity contribution < 1.29 is 9.53 Å². The van der Waals surface area contributed by atoms with Crippen molar-refractivity contribution in [2.75, 3.05) is 11.9 Å². The van der Waals surface area contributed by atoms with Crippen molar-refractivity contribution in [2.45, 2.75) is 33.1 Å². The van der Waals surface area contributed by atoms with Crippen molar-refractivity contribution in [3.63, 3.8) is 0 Å². The first kappa shape index (κ1) is 13.7. The van der Waals surface area contributed by atoms with Gasteiger partial charge in [0.1, 0.15) is 5.75 Å². The number of hydrogen-bond acceptors (Lipinski definition) is 2. The molecule has 1 saturated carbocycles. The molecule has 1 aromatic carbocycles. The first-order chi connectivity index (χ1) is 9.25. The van der Waals surface area contributed by atoms with Crippen LogP contribution in [0, 0.1) is 16.7 Å². The molecular weight excluding hydrogens is 274 g/mol. The fourth-order valence-electron chi connectivity index (χ4n) is 3.44. The van der Waals surface area contributed by atoms with Crippen LogP contribution in [0.4, 0.5) is 5.69 Å². The normalized spacial score (nSPS) is 24.4. The Morgan fingerprint density at radius 3 is 2.55 bits per heavy atom. The third kappa shape index (κ3) is 1.83. The first-order valence-electron chi connectivity index (χ1n) is 6.96. The number of carbonyl (C=O) groups excluding carboxylic acids is 1. The van der Waals surface area contributed by atoms with Crippen LogP contribution in [0.3, 0.4) is 0 Å². The molecule has 1 atom stereocenters. The second kappa shape index (κ2) is 4.14. The number of nitrogens with one attached hydrogen (secondary N) is 1. The van der Waals surface area contributed by atoms with Gasteiger partial charge in [0.15, 0.2) is 6.61 Å². The molecule has 0 radical (unpaired) electrons. The van der Waals surface area contributed by atoms with Crippen LogP contribution in [0.1, 0.15) is 38.6 Å². The maximum atomic E-state index is 11.4. The summed E-state index contributed by atoms with van der Waals surface area (Å²) in [5.41, 5.74) is 2.23. The highest BCUT2D eigenvalue weighted by Crippen LogP contribution is 2.73. The molecule has 108 valence electrons. The summed E-state index contributed by atoms with van der Waals surface area (Å²) in [6.07, 6.45) is 0. The smallest absolute Gasteiger partial charge is 0.262 e. The highest BCUT2D eigenvalue weighted by molar-refractivity contribution is 6.21. The highest BCUT2D eigenvalue weighted by Gasteiger charge is 2.67. The van der Waals surface area contributed by atoms with Crippen molar-refractivity contribution in [3.05, 3.63) is 23.8 Å². The fraction of sp³-hybridized carbons (Fsp3) is 0.562. The van der Waals surface area contributed by atoms with E-state index in [1.165, 1.54) is 0 Å². The van der Waals surface area contributed by atoms with Crippen LogP contribution in [0.2, 0.25) is 0 Å². The molecule has 3 rings (SSSR count). The number of benzene rings is 1. The van der Waals surface area contributed by atoms with Gasteiger partial charge in [-0.2, -0.15) is 0 Å². The maximum Gasteiger partial charge on any atom is 0.262 e. The van der Waals surface area contributed by atoms with Gasteiger partial charge in [-0.15, -0.1) is 11.6 Å². The van der Waals surface area contributed by atoms with Gasteiger partial charge in [0.2, 0.25) is 0 Å². The largest absolute Gasteiger partial charge is 0.482 e. The molecule has 3 nitrogen and oxygen atoms in total. The Morgan fingerprint density at radius 2 is 1.95 bits per heavy atom. The lowest BCUT2D eigenvalue weighted by Crippen LogP contribution is -2.25. The zero-order valence-electron chi connectivity index (χ0n) is 12.3. The van der Waals surface area contributed by atoms with Crippen LogP contribution in [0.5, 0.6) is 5.75 Å². The predicted molar refractivity (Wildman–Crippen MR) is 80.2 cm³/mol. The van der Waals surface area contributed by atoms with Crippen molar-refractivity contribution in [1.82, 2.24) is 0 Å². The molecule has 1 heterocycles. The van der Waals surface area contributed by atoms with E-state index in [0.717, 1.165) is 11.3 Å². The molecule has 1 fully saturated rings. The molecule has 0 aromatic heterocycles. The van der Waals surface area contributed by atoms with Gasteiger partial charge in [0, 0.05) is 0 Å². The minimum Gasteiger partial charge on any atom is -0.482 e. The summed E-state index contributed by atoms with van der Waals surface area (Å²) >= 11 is 6.70. The quantitative estimate of drug-likeness (QED) is 0.838. The van der Waals surface area contributed by atoms with E-state index < -0.39 is 0 Å². The average Bonchev–Trinajstić information content (AvgIpc) is 2.78. The monoisotopic (exact) mass is 293 g/mol. The molecule has 1 amide bonds. The summed E-state index contributed by atoms with van der Waals surface area (Å²) in [5, 5.41) is 2.78. The number of anilines is 1. The summed E-state index contributed by atoms with van der Waals surface area (Å²) < 4.78 is 5.37. The SMILES string of the molecule is CC1(C)C(C(Cl)c2ccc3c(c2)NC(=O)CO3)C1(C)C. The molecule has 1 aliphatic heterocycles. The van der Waals surface area contributed by atoms with Crippen LogP contribution >= 0.6 is 11.6 Å². The first-order valence-corrected chi connectivity index (χ1v) is 7.39. The van der Waals surface area contributed by atoms with E-state index in [1.54, 1.807) is 0 Å². The maximum absolute atomic E-state index is 11.4. The highest BCUT2D eigenvalue weighted by atomic mass is 35.5. The van der Waals surface area contributed by atoms with Crippen LogP contribution in [-0.2, 0) is 4.79 Å². The predicted octanol–water partition coefficient (Wildman–Crippen LogP) is 3.98. The molecule has 2 aliphatic rings. The van der Waals surface area contributed by atoms with Crippen LogP contribution in [0.15, 0.2) is 18.2 Å². The number of alkyl halides is 1. The van der Waals surface area contributed by atoms with Gasteiger partial charge in [-0.1, -0.05) is 33.8 Å². The third-order valence-electron chi connectivity index (χ3n) is 5.38. The number of ether oxygens (including phenoxy) is 1. The Balaban J connectivity index is 1.89. The second-order valence-electron chi connectivity index (χ2n) is 6.92. The van der Waals surface area contributed by atoms with Crippen LogP contribution < -0.4 is 10.1 Å². The summed E-state index contributed by atoms with van der Waals surface area (Å²) in [7, 11) is 0. The van der Waals surface area contributed by atoms with Crippen molar-refractivity contribution in [2.24, 2.45) is 16.7 Å². The molecule has 0 saturated heterocycles. The Labute approximate surface area is 124 Å². The molecule has 0 bridgehead atoms. The van der Waals surface area contributed by atoms with Gasteiger partial charge in [-0.25, -0.2) is 0 Å².